The predicted octanol–water partition coefficient (Wildman–Crippen LogP) is 0.314. The first kappa shape index (κ1) is 14.2. The lowest BCUT2D eigenvalue weighted by Gasteiger charge is -2.06. The van der Waals surface area contributed by atoms with Crippen LogP contribution >= 0.6 is 11.6 Å². The molecular formula is C9H17ClN2O3. The van der Waals surface area contributed by atoms with Gasteiger partial charge in [0.15, 0.2) is 0 Å². The van der Waals surface area contributed by atoms with E-state index in [-0.39, 0.29) is 5.91 Å². The molecule has 0 aliphatic rings. The third-order valence-corrected chi connectivity index (χ3v) is 2.09. The number of alkyl halides is 1. The molecule has 0 aliphatic carbocycles. The molecule has 0 spiro atoms. The molecule has 6 heteroatoms. The van der Waals surface area contributed by atoms with Crippen LogP contribution in [0.2, 0.25) is 0 Å². The summed E-state index contributed by atoms with van der Waals surface area (Å²) >= 11 is 5.37. The van der Waals surface area contributed by atoms with Gasteiger partial charge in [-0.05, 0) is 19.3 Å². The number of hydrogen-bond acceptors (Lipinski definition) is 3. The first-order valence-corrected chi connectivity index (χ1v) is 5.42. The highest BCUT2D eigenvalue weighted by Gasteiger charge is 2.09. The second kappa shape index (κ2) is 8.49. The second-order valence-corrected chi connectivity index (χ2v) is 3.61. The van der Waals surface area contributed by atoms with Gasteiger partial charge in [-0.2, -0.15) is 0 Å². The van der Waals surface area contributed by atoms with E-state index in [0.29, 0.717) is 31.7 Å². The Kier molecular flexibility index (Phi) is 8.04. The van der Waals surface area contributed by atoms with Crippen LogP contribution in [0.3, 0.4) is 0 Å². The summed E-state index contributed by atoms with van der Waals surface area (Å²) in [6.45, 7) is 0.544. The molecule has 0 heterocycles. The van der Waals surface area contributed by atoms with E-state index in [1.165, 1.54) is 0 Å². The van der Waals surface area contributed by atoms with Gasteiger partial charge >= 0.3 is 5.97 Å². The van der Waals surface area contributed by atoms with Crippen molar-refractivity contribution in [3.8, 4) is 0 Å². The van der Waals surface area contributed by atoms with Crippen LogP contribution in [0, 0.1) is 0 Å². The van der Waals surface area contributed by atoms with E-state index in [1.807, 2.05) is 0 Å². The summed E-state index contributed by atoms with van der Waals surface area (Å²) < 4.78 is 0. The van der Waals surface area contributed by atoms with Crippen molar-refractivity contribution >= 4 is 23.5 Å². The number of amides is 1. The quantitative estimate of drug-likeness (QED) is 0.418. The summed E-state index contributed by atoms with van der Waals surface area (Å²) in [5.41, 5.74) is 5.30. The molecule has 0 aromatic carbocycles. The zero-order valence-electron chi connectivity index (χ0n) is 8.54. The Balaban J connectivity index is 3.32. The maximum Gasteiger partial charge on any atom is 0.320 e. The summed E-state index contributed by atoms with van der Waals surface area (Å²) in [6.07, 6.45) is 2.17. The Morgan fingerprint density at radius 1 is 1.40 bits per heavy atom. The highest BCUT2D eigenvalue weighted by molar-refractivity contribution is 6.18. The Morgan fingerprint density at radius 2 is 2.07 bits per heavy atom. The average molecular weight is 237 g/mol. The largest absolute Gasteiger partial charge is 0.480 e. The van der Waals surface area contributed by atoms with Crippen LogP contribution in [0.15, 0.2) is 0 Å². The minimum Gasteiger partial charge on any atom is -0.480 e. The van der Waals surface area contributed by atoms with Crippen molar-refractivity contribution in [1.82, 2.24) is 5.32 Å². The fourth-order valence-corrected chi connectivity index (χ4v) is 1.19. The topological polar surface area (TPSA) is 92.4 Å². The van der Waals surface area contributed by atoms with Crippen molar-refractivity contribution < 1.29 is 14.7 Å². The van der Waals surface area contributed by atoms with Crippen LogP contribution in [0.25, 0.3) is 0 Å². The summed E-state index contributed by atoms with van der Waals surface area (Å²) in [6, 6.07) is -0.802. The fraction of sp³-hybridized carbons (Fsp3) is 0.778. The van der Waals surface area contributed by atoms with Crippen LogP contribution in [0.4, 0.5) is 0 Å². The average Bonchev–Trinajstić information content (AvgIpc) is 2.17. The van der Waals surface area contributed by atoms with Gasteiger partial charge in [-0.1, -0.05) is 0 Å². The molecule has 15 heavy (non-hydrogen) atoms. The van der Waals surface area contributed by atoms with Crippen molar-refractivity contribution in [2.24, 2.45) is 5.73 Å². The number of rotatable bonds is 8. The van der Waals surface area contributed by atoms with E-state index in [2.05, 4.69) is 5.32 Å². The van der Waals surface area contributed by atoms with Gasteiger partial charge in [0.1, 0.15) is 6.04 Å². The number of nitrogens with two attached hydrogens (primary N) is 1. The summed E-state index contributed by atoms with van der Waals surface area (Å²) in [5, 5.41) is 11.2. The lowest BCUT2D eigenvalue weighted by molar-refractivity contribution is -0.138. The first-order valence-electron chi connectivity index (χ1n) is 4.89. The molecule has 0 bridgehead atoms. The molecule has 0 aromatic heterocycles. The lowest BCUT2D eigenvalue weighted by atomic mass is 10.1. The molecule has 4 N–H and O–H groups in total. The Bertz CT molecular complexity index is 212. The van der Waals surface area contributed by atoms with Crippen LogP contribution in [-0.2, 0) is 9.59 Å². The molecule has 1 amide bonds. The second-order valence-electron chi connectivity index (χ2n) is 3.23. The monoisotopic (exact) mass is 236 g/mol. The predicted molar refractivity (Wildman–Crippen MR) is 57.8 cm³/mol. The summed E-state index contributed by atoms with van der Waals surface area (Å²) in [7, 11) is 0. The van der Waals surface area contributed by atoms with Gasteiger partial charge in [0, 0.05) is 18.8 Å². The normalized spacial score (nSPS) is 12.1. The minimum absolute atomic E-state index is 0.0764. The molecule has 0 radical (unpaired) electrons. The molecule has 0 unspecified atom stereocenters. The molecule has 0 saturated heterocycles. The van der Waals surface area contributed by atoms with Gasteiger partial charge in [0.2, 0.25) is 5.91 Å². The van der Waals surface area contributed by atoms with E-state index in [1.54, 1.807) is 0 Å². The maximum absolute atomic E-state index is 10.9. The highest BCUT2D eigenvalue weighted by Crippen LogP contribution is 1.98. The van der Waals surface area contributed by atoms with Crippen LogP contribution in [0.5, 0.6) is 0 Å². The van der Waals surface area contributed by atoms with Gasteiger partial charge < -0.3 is 16.2 Å². The Morgan fingerprint density at radius 3 is 2.60 bits per heavy atom. The number of carbonyl (C=O) groups excluding carboxylic acids is 1. The van der Waals surface area contributed by atoms with E-state index < -0.39 is 12.0 Å². The molecule has 0 saturated carbocycles. The summed E-state index contributed by atoms with van der Waals surface area (Å²) in [4.78, 5) is 21.3. The first-order chi connectivity index (χ1) is 7.07. The zero-order valence-corrected chi connectivity index (χ0v) is 9.29. The lowest BCUT2D eigenvalue weighted by Crippen LogP contribution is -2.30. The number of aliphatic carboxylic acids is 1. The number of nitrogens with one attached hydrogen (secondary N) is 1. The third kappa shape index (κ3) is 8.20. The van der Waals surface area contributed by atoms with E-state index in [0.717, 1.165) is 6.42 Å². The van der Waals surface area contributed by atoms with E-state index in [4.69, 9.17) is 22.4 Å². The number of carboxylic acid groups (broad SMARTS) is 1. The van der Waals surface area contributed by atoms with Crippen LogP contribution < -0.4 is 11.1 Å². The van der Waals surface area contributed by atoms with Crippen LogP contribution in [-0.4, -0.2) is 35.4 Å². The molecule has 5 nitrogen and oxygen atoms in total. The number of halogens is 1. The van der Waals surface area contributed by atoms with Gasteiger partial charge in [-0.25, -0.2) is 0 Å². The molecule has 0 rings (SSSR count). The van der Waals surface area contributed by atoms with Crippen molar-refractivity contribution in [2.45, 2.75) is 31.7 Å². The number of hydrogen-bond donors (Lipinski definition) is 3. The number of unbranched alkanes of at least 4 members (excludes halogenated alkanes) is 1. The van der Waals surface area contributed by atoms with E-state index in [9.17, 15) is 9.59 Å². The SMILES string of the molecule is N[C@@H](CCCCNC(=O)CCCl)C(=O)O. The Hall–Kier alpha value is -0.810. The molecule has 0 fully saturated rings. The molecular weight excluding hydrogens is 220 g/mol. The van der Waals surface area contributed by atoms with Crippen molar-refractivity contribution in [3.05, 3.63) is 0 Å². The molecule has 1 atom stereocenters. The fourth-order valence-electron chi connectivity index (χ4n) is 1.01. The van der Waals surface area contributed by atoms with Crippen molar-refractivity contribution in [1.29, 1.82) is 0 Å². The standard InChI is InChI=1S/C9H17ClN2O3/c10-5-4-8(13)12-6-2-1-3-7(11)9(14)15/h7H,1-6,11H2,(H,12,13)(H,14,15)/t7-/m0/s1. The Labute approximate surface area is 94.0 Å². The third-order valence-electron chi connectivity index (χ3n) is 1.90. The van der Waals surface area contributed by atoms with Gasteiger partial charge in [0.05, 0.1) is 0 Å². The van der Waals surface area contributed by atoms with Gasteiger partial charge in [-0.15, -0.1) is 11.6 Å². The molecule has 0 aliphatic heterocycles. The zero-order chi connectivity index (χ0) is 11.7. The van der Waals surface area contributed by atoms with E-state index >= 15 is 0 Å². The maximum atomic E-state index is 10.9. The molecule has 0 aromatic rings. The smallest absolute Gasteiger partial charge is 0.320 e. The molecule has 88 valence electrons. The number of carboxylic acids is 1. The highest BCUT2D eigenvalue weighted by atomic mass is 35.5. The van der Waals surface area contributed by atoms with Gasteiger partial charge in [0.25, 0.3) is 0 Å². The van der Waals surface area contributed by atoms with Crippen LogP contribution in [0.1, 0.15) is 25.7 Å². The van der Waals surface area contributed by atoms with Gasteiger partial charge in [-0.3, -0.25) is 9.59 Å². The number of carbonyl (C=O) groups is 2. The summed E-state index contributed by atoms with van der Waals surface area (Å²) in [5.74, 6) is -0.746. The van der Waals surface area contributed by atoms with Crippen molar-refractivity contribution in [3.63, 3.8) is 0 Å². The van der Waals surface area contributed by atoms with Crippen molar-refractivity contribution in [2.75, 3.05) is 12.4 Å². The minimum atomic E-state index is -0.985.